The Bertz CT molecular complexity index is 1410. The van der Waals surface area contributed by atoms with Crippen molar-refractivity contribution in [2.75, 3.05) is 43.9 Å². The summed E-state index contributed by atoms with van der Waals surface area (Å²) in [5, 5.41) is 5.28. The van der Waals surface area contributed by atoms with Crippen LogP contribution in [-0.2, 0) is 0 Å². The number of rotatable bonds is 7. The third kappa shape index (κ3) is 4.74. The number of hydrogen-bond acceptors (Lipinski definition) is 6. The van der Waals surface area contributed by atoms with E-state index in [4.69, 9.17) is 27.1 Å². The first-order valence-electron chi connectivity index (χ1n) is 13.0. The van der Waals surface area contributed by atoms with Crippen LogP contribution in [0, 0.1) is 6.92 Å². The largest absolute Gasteiger partial charge is 0.496 e. The van der Waals surface area contributed by atoms with Gasteiger partial charge in [0, 0.05) is 41.0 Å². The van der Waals surface area contributed by atoms with Crippen LogP contribution >= 0.6 is 11.6 Å². The van der Waals surface area contributed by atoms with Gasteiger partial charge in [-0.05, 0) is 68.8 Å². The van der Waals surface area contributed by atoms with E-state index < -0.39 is 0 Å². The van der Waals surface area contributed by atoms with Crippen molar-refractivity contribution in [3.63, 3.8) is 0 Å². The number of halogens is 1. The molecule has 0 aliphatic carbocycles. The molecule has 1 saturated heterocycles. The average molecular weight is 519 g/mol. The topological polar surface area (TPSA) is 71.9 Å². The maximum Gasteiger partial charge on any atom is 0.165 e. The van der Waals surface area contributed by atoms with Gasteiger partial charge in [0.1, 0.15) is 11.6 Å². The number of nitrogens with two attached hydrogens (primary N) is 1. The Morgan fingerprint density at radius 2 is 1.84 bits per heavy atom. The van der Waals surface area contributed by atoms with E-state index in [0.29, 0.717) is 22.5 Å². The molecule has 8 heteroatoms. The molecule has 0 spiro atoms. The number of piperidine rings is 1. The molecule has 2 aromatic heterocycles. The summed E-state index contributed by atoms with van der Waals surface area (Å²) in [6, 6.07) is 14.7. The van der Waals surface area contributed by atoms with Gasteiger partial charge < -0.3 is 20.3 Å². The summed E-state index contributed by atoms with van der Waals surface area (Å²) >= 11 is 6.25. The van der Waals surface area contributed by atoms with Gasteiger partial charge in [-0.25, -0.2) is 4.98 Å². The number of fused-ring (bicyclic) bond motifs is 1. The summed E-state index contributed by atoms with van der Waals surface area (Å²) in [6.45, 7) is 10.8. The molecule has 3 heterocycles. The zero-order chi connectivity index (χ0) is 26.1. The molecule has 194 valence electrons. The minimum absolute atomic E-state index is 0.532. The molecule has 37 heavy (non-hydrogen) atoms. The Morgan fingerprint density at radius 3 is 2.51 bits per heavy atom. The van der Waals surface area contributed by atoms with Crippen molar-refractivity contribution in [3.8, 4) is 28.0 Å². The Balaban J connectivity index is 1.52. The maximum atomic E-state index is 6.64. The van der Waals surface area contributed by atoms with Crippen LogP contribution < -0.4 is 15.4 Å². The predicted molar refractivity (Wildman–Crippen MR) is 153 cm³/mol. The number of nitrogen functional groups attached to an aromatic ring is 1. The second kappa shape index (κ2) is 10.6. The van der Waals surface area contributed by atoms with Crippen LogP contribution in [0.2, 0.25) is 5.02 Å². The number of ether oxygens (including phenoxy) is 1. The number of methoxy groups -OCH3 is 1. The Kier molecular flexibility index (Phi) is 7.26. The highest BCUT2D eigenvalue weighted by molar-refractivity contribution is 6.30. The second-order valence-electron chi connectivity index (χ2n) is 9.59. The smallest absolute Gasteiger partial charge is 0.165 e. The maximum absolute atomic E-state index is 6.64. The van der Waals surface area contributed by atoms with E-state index in [0.717, 1.165) is 59.9 Å². The SMILES string of the molecule is CCN(CC)C1CCN(c2ccc(OC)c(-c3cnn4c(N)c(-c5cccc(Cl)c5)c(C)nc34)c2)CC1. The number of nitrogens with zero attached hydrogens (tertiary/aromatic N) is 5. The number of hydrogen-bond donors (Lipinski definition) is 1. The highest BCUT2D eigenvalue weighted by Gasteiger charge is 2.25. The van der Waals surface area contributed by atoms with Crippen LogP contribution in [0.5, 0.6) is 5.75 Å². The monoisotopic (exact) mass is 518 g/mol. The highest BCUT2D eigenvalue weighted by atomic mass is 35.5. The molecular formula is C29H35ClN6O. The molecular weight excluding hydrogens is 484 g/mol. The number of anilines is 2. The molecule has 0 amide bonds. The number of aromatic nitrogens is 3. The fraction of sp³-hybridized carbons (Fsp3) is 0.379. The zero-order valence-corrected chi connectivity index (χ0v) is 22.8. The Labute approximate surface area is 223 Å². The van der Waals surface area contributed by atoms with Crippen molar-refractivity contribution in [1.82, 2.24) is 19.5 Å². The third-order valence-corrected chi connectivity index (χ3v) is 7.84. The van der Waals surface area contributed by atoms with Crippen LogP contribution in [0.15, 0.2) is 48.7 Å². The molecule has 1 aliphatic rings. The molecule has 4 aromatic rings. The van der Waals surface area contributed by atoms with Gasteiger partial charge in [-0.2, -0.15) is 9.61 Å². The first kappa shape index (κ1) is 25.4. The van der Waals surface area contributed by atoms with Crippen LogP contribution in [0.1, 0.15) is 32.4 Å². The minimum atomic E-state index is 0.532. The summed E-state index contributed by atoms with van der Waals surface area (Å²) in [5.41, 5.74) is 13.0. The molecule has 0 radical (unpaired) electrons. The van der Waals surface area contributed by atoms with Gasteiger partial charge >= 0.3 is 0 Å². The van der Waals surface area contributed by atoms with Gasteiger partial charge in [0.2, 0.25) is 0 Å². The van der Waals surface area contributed by atoms with Crippen LogP contribution in [0.3, 0.4) is 0 Å². The molecule has 0 bridgehead atoms. The lowest BCUT2D eigenvalue weighted by Gasteiger charge is -2.38. The number of aryl methyl sites for hydroxylation is 1. The molecule has 0 unspecified atom stereocenters. The quantitative estimate of drug-likeness (QED) is 0.327. The predicted octanol–water partition coefficient (Wildman–Crippen LogP) is 5.93. The first-order valence-corrected chi connectivity index (χ1v) is 13.4. The molecule has 2 N–H and O–H groups in total. The molecule has 1 fully saturated rings. The van der Waals surface area contributed by atoms with Gasteiger partial charge in [-0.1, -0.05) is 37.6 Å². The lowest BCUT2D eigenvalue weighted by Crippen LogP contribution is -2.44. The highest BCUT2D eigenvalue weighted by Crippen LogP contribution is 2.39. The van der Waals surface area contributed by atoms with Gasteiger partial charge in [0.25, 0.3) is 0 Å². The van der Waals surface area contributed by atoms with E-state index in [1.54, 1.807) is 11.6 Å². The standard InChI is InChI=1S/C29H35ClN6O/c1-5-34(6-2)22-12-14-35(15-13-22)23-10-11-26(37-4)24(17-23)25-18-32-36-28(31)27(19(3)33-29(25)36)20-8-7-9-21(30)16-20/h7-11,16-18,22H,5-6,12-15,31H2,1-4H3. The molecule has 0 saturated carbocycles. The van der Waals surface area contributed by atoms with Gasteiger partial charge in [0.15, 0.2) is 5.65 Å². The first-order chi connectivity index (χ1) is 17.9. The normalized spacial score (nSPS) is 14.6. The van der Waals surface area contributed by atoms with Crippen molar-refractivity contribution < 1.29 is 4.74 Å². The van der Waals surface area contributed by atoms with E-state index in [1.165, 1.54) is 18.5 Å². The van der Waals surface area contributed by atoms with Gasteiger partial charge in [0.05, 0.1) is 24.6 Å². The Hall–Kier alpha value is -3.29. The van der Waals surface area contributed by atoms with E-state index in [-0.39, 0.29) is 0 Å². The fourth-order valence-corrected chi connectivity index (χ4v) is 5.85. The van der Waals surface area contributed by atoms with E-state index in [9.17, 15) is 0 Å². The summed E-state index contributed by atoms with van der Waals surface area (Å²) in [4.78, 5) is 9.99. The molecule has 5 rings (SSSR count). The number of benzene rings is 2. The molecule has 1 aliphatic heterocycles. The second-order valence-corrected chi connectivity index (χ2v) is 10.0. The molecule has 2 aromatic carbocycles. The average Bonchev–Trinajstić information content (AvgIpc) is 3.33. The summed E-state index contributed by atoms with van der Waals surface area (Å²) in [7, 11) is 1.70. The van der Waals surface area contributed by atoms with Crippen molar-refractivity contribution in [1.29, 1.82) is 0 Å². The van der Waals surface area contributed by atoms with Gasteiger partial charge in [-0.15, -0.1) is 0 Å². The third-order valence-electron chi connectivity index (χ3n) is 7.61. The fourth-order valence-electron chi connectivity index (χ4n) is 5.65. The van der Waals surface area contributed by atoms with Crippen LogP contribution in [0.25, 0.3) is 27.9 Å². The molecule has 7 nitrogen and oxygen atoms in total. The zero-order valence-electron chi connectivity index (χ0n) is 22.0. The summed E-state index contributed by atoms with van der Waals surface area (Å²) in [5.74, 6) is 1.32. The van der Waals surface area contributed by atoms with Gasteiger partial charge in [-0.3, -0.25) is 0 Å². The van der Waals surface area contributed by atoms with Crippen molar-refractivity contribution in [2.45, 2.75) is 39.7 Å². The lowest BCUT2D eigenvalue weighted by molar-refractivity contribution is 0.186. The van der Waals surface area contributed by atoms with Crippen molar-refractivity contribution in [3.05, 3.63) is 59.4 Å². The van der Waals surface area contributed by atoms with E-state index in [1.807, 2.05) is 43.5 Å². The lowest BCUT2D eigenvalue weighted by atomic mass is 10.0. The Morgan fingerprint density at radius 1 is 1.08 bits per heavy atom. The van der Waals surface area contributed by atoms with E-state index >= 15 is 0 Å². The minimum Gasteiger partial charge on any atom is -0.496 e. The van der Waals surface area contributed by atoms with Crippen LogP contribution in [0.4, 0.5) is 11.5 Å². The van der Waals surface area contributed by atoms with Crippen LogP contribution in [-0.4, -0.2) is 58.8 Å². The molecule has 0 atom stereocenters. The van der Waals surface area contributed by atoms with E-state index in [2.05, 4.69) is 40.9 Å². The van der Waals surface area contributed by atoms with Crippen molar-refractivity contribution in [2.24, 2.45) is 0 Å². The van der Waals surface area contributed by atoms with Crippen molar-refractivity contribution >= 4 is 28.8 Å². The summed E-state index contributed by atoms with van der Waals surface area (Å²) in [6.07, 6.45) is 4.17. The summed E-state index contributed by atoms with van der Waals surface area (Å²) < 4.78 is 7.48.